The topological polar surface area (TPSA) is 62.6 Å². The van der Waals surface area contributed by atoms with Gasteiger partial charge >= 0.3 is 0 Å². The molecule has 1 aromatic heterocycles. The van der Waals surface area contributed by atoms with Gasteiger partial charge in [0.25, 0.3) is 5.91 Å². The molecule has 1 heterocycles. The van der Waals surface area contributed by atoms with Gasteiger partial charge in [0.05, 0.1) is 16.6 Å². The summed E-state index contributed by atoms with van der Waals surface area (Å²) in [5.74, 6) is 0.702. The molecule has 0 spiro atoms. The summed E-state index contributed by atoms with van der Waals surface area (Å²) in [5.41, 5.74) is 1.28. The van der Waals surface area contributed by atoms with Crippen molar-refractivity contribution in [3.05, 3.63) is 88.8 Å². The lowest BCUT2D eigenvalue weighted by Gasteiger charge is -2.20. The number of hydrogen-bond donors (Lipinski definition) is 1. The Kier molecular flexibility index (Phi) is 8.88. The Labute approximate surface area is 190 Å². The first-order valence-corrected chi connectivity index (χ1v) is 12.0. The van der Waals surface area contributed by atoms with Gasteiger partial charge in [-0.25, -0.2) is 0 Å². The van der Waals surface area contributed by atoms with Crippen LogP contribution in [0.4, 0.5) is 0 Å². The molecule has 5 nitrogen and oxygen atoms in total. The van der Waals surface area contributed by atoms with Gasteiger partial charge in [-0.3, -0.25) is 13.9 Å². The summed E-state index contributed by atoms with van der Waals surface area (Å²) in [6.07, 6.45) is 0.848. The summed E-state index contributed by atoms with van der Waals surface area (Å²) < 4.78 is 18.0. The highest BCUT2D eigenvalue weighted by Crippen LogP contribution is 2.17. The van der Waals surface area contributed by atoms with Crippen LogP contribution in [-0.2, 0) is 23.1 Å². The first-order valence-electron chi connectivity index (χ1n) is 10.3. The van der Waals surface area contributed by atoms with E-state index in [2.05, 4.69) is 29.3 Å². The van der Waals surface area contributed by atoms with Gasteiger partial charge in [0.1, 0.15) is 5.76 Å². The Bertz CT molecular complexity index is 990. The zero-order valence-electron chi connectivity index (χ0n) is 17.6. The third-order valence-electron chi connectivity index (χ3n) is 4.87. The fourth-order valence-electron chi connectivity index (χ4n) is 3.16. The van der Waals surface area contributed by atoms with E-state index in [1.54, 1.807) is 36.4 Å². The van der Waals surface area contributed by atoms with Crippen molar-refractivity contribution in [2.75, 3.05) is 19.6 Å². The maximum atomic E-state index is 12.4. The lowest BCUT2D eigenvalue weighted by molar-refractivity contribution is 0.0922. The van der Waals surface area contributed by atoms with Gasteiger partial charge in [0.2, 0.25) is 0 Å². The average molecular weight is 459 g/mol. The van der Waals surface area contributed by atoms with Gasteiger partial charge in [-0.05, 0) is 54.9 Å². The molecular weight excluding hydrogens is 432 g/mol. The molecule has 0 aliphatic heterocycles. The second kappa shape index (κ2) is 11.8. The smallest absolute Gasteiger partial charge is 0.286 e. The second-order valence-corrected chi connectivity index (χ2v) is 9.06. The number of amides is 1. The van der Waals surface area contributed by atoms with Crippen molar-refractivity contribution < 1.29 is 13.4 Å². The van der Waals surface area contributed by atoms with E-state index in [9.17, 15) is 9.00 Å². The van der Waals surface area contributed by atoms with E-state index >= 15 is 0 Å². The molecule has 1 unspecified atom stereocenters. The molecular formula is C24H27ClN2O3S. The molecule has 2 aromatic carbocycles. The van der Waals surface area contributed by atoms with Crippen LogP contribution in [0.5, 0.6) is 0 Å². The van der Waals surface area contributed by atoms with Crippen LogP contribution in [0.25, 0.3) is 0 Å². The fourth-order valence-corrected chi connectivity index (χ4v) is 4.30. The summed E-state index contributed by atoms with van der Waals surface area (Å²) in [7, 11) is -1.26. The summed E-state index contributed by atoms with van der Waals surface area (Å²) in [5, 5.41) is 3.49. The summed E-state index contributed by atoms with van der Waals surface area (Å²) in [4.78, 5) is 15.4. The molecule has 0 aliphatic rings. The summed E-state index contributed by atoms with van der Waals surface area (Å²) in [6.45, 7) is 5.46. The van der Waals surface area contributed by atoms with Crippen molar-refractivity contribution in [3.63, 3.8) is 0 Å². The minimum absolute atomic E-state index is 0.208. The highest BCUT2D eigenvalue weighted by molar-refractivity contribution is 7.84. The largest absolute Gasteiger partial charge is 0.455 e. The Morgan fingerprint density at radius 1 is 1.06 bits per heavy atom. The number of nitrogens with zero attached hydrogens (tertiary/aromatic N) is 1. The monoisotopic (exact) mass is 458 g/mol. The minimum atomic E-state index is -1.26. The van der Waals surface area contributed by atoms with Gasteiger partial charge in [0, 0.05) is 29.6 Å². The SMILES string of the molecule is CCN(CCCNC(=O)c1ccc(CS(=O)c2ccc(Cl)cc2)o1)Cc1ccccc1. The Hall–Kier alpha value is -2.41. The van der Waals surface area contributed by atoms with E-state index in [-0.39, 0.29) is 17.4 Å². The number of benzene rings is 2. The van der Waals surface area contributed by atoms with Gasteiger partial charge in [0.15, 0.2) is 5.76 Å². The highest BCUT2D eigenvalue weighted by atomic mass is 35.5. The van der Waals surface area contributed by atoms with Crippen LogP contribution >= 0.6 is 11.6 Å². The molecule has 3 aromatic rings. The van der Waals surface area contributed by atoms with E-state index in [0.29, 0.717) is 22.2 Å². The number of carbonyl (C=O) groups excluding carboxylic acids is 1. The zero-order valence-corrected chi connectivity index (χ0v) is 19.1. The first kappa shape index (κ1) is 23.3. The number of hydrogen-bond acceptors (Lipinski definition) is 4. The maximum Gasteiger partial charge on any atom is 0.286 e. The van der Waals surface area contributed by atoms with Crippen molar-refractivity contribution in [3.8, 4) is 0 Å². The number of rotatable bonds is 11. The van der Waals surface area contributed by atoms with Gasteiger partial charge in [-0.1, -0.05) is 48.9 Å². The minimum Gasteiger partial charge on any atom is -0.455 e. The molecule has 0 saturated heterocycles. The molecule has 7 heteroatoms. The summed E-state index contributed by atoms with van der Waals surface area (Å²) >= 11 is 5.86. The number of halogens is 1. The van der Waals surface area contributed by atoms with Gasteiger partial charge < -0.3 is 9.73 Å². The van der Waals surface area contributed by atoms with Crippen LogP contribution in [0, 0.1) is 0 Å². The van der Waals surface area contributed by atoms with Crippen LogP contribution in [0.15, 0.2) is 76.0 Å². The van der Waals surface area contributed by atoms with Crippen molar-refractivity contribution in [1.82, 2.24) is 10.2 Å². The molecule has 1 amide bonds. The van der Waals surface area contributed by atoms with Gasteiger partial charge in [-0.2, -0.15) is 0 Å². The Morgan fingerprint density at radius 3 is 2.52 bits per heavy atom. The third-order valence-corrected chi connectivity index (χ3v) is 6.46. The van der Waals surface area contributed by atoms with Crippen LogP contribution in [0.3, 0.4) is 0 Å². The van der Waals surface area contributed by atoms with E-state index in [0.717, 1.165) is 26.1 Å². The third kappa shape index (κ3) is 7.35. The maximum absolute atomic E-state index is 12.4. The summed E-state index contributed by atoms with van der Waals surface area (Å²) in [6, 6.07) is 20.5. The lowest BCUT2D eigenvalue weighted by atomic mass is 10.2. The van der Waals surface area contributed by atoms with Crippen LogP contribution in [0.2, 0.25) is 5.02 Å². The lowest BCUT2D eigenvalue weighted by Crippen LogP contribution is -2.29. The molecule has 164 valence electrons. The molecule has 0 radical (unpaired) electrons. The predicted octanol–water partition coefficient (Wildman–Crippen LogP) is 4.88. The number of furan rings is 1. The van der Waals surface area contributed by atoms with Crippen LogP contribution < -0.4 is 5.32 Å². The molecule has 0 aliphatic carbocycles. The molecule has 1 N–H and O–H groups in total. The fraction of sp³-hybridized carbons (Fsp3) is 0.292. The van der Waals surface area contributed by atoms with Crippen molar-refractivity contribution in [1.29, 1.82) is 0 Å². The first-order chi connectivity index (χ1) is 15.0. The molecule has 1 atom stereocenters. The van der Waals surface area contributed by atoms with E-state index < -0.39 is 10.8 Å². The van der Waals surface area contributed by atoms with E-state index in [4.69, 9.17) is 16.0 Å². The molecule has 0 bridgehead atoms. The van der Waals surface area contributed by atoms with Crippen molar-refractivity contribution in [2.24, 2.45) is 0 Å². The average Bonchev–Trinajstić information content (AvgIpc) is 3.25. The normalized spacial score (nSPS) is 12.1. The molecule has 31 heavy (non-hydrogen) atoms. The second-order valence-electron chi connectivity index (χ2n) is 7.17. The van der Waals surface area contributed by atoms with Gasteiger partial charge in [-0.15, -0.1) is 0 Å². The highest BCUT2D eigenvalue weighted by Gasteiger charge is 2.14. The quantitative estimate of drug-likeness (QED) is 0.416. The number of carbonyl (C=O) groups is 1. The molecule has 3 rings (SSSR count). The zero-order chi connectivity index (χ0) is 22.1. The predicted molar refractivity (Wildman–Crippen MR) is 125 cm³/mol. The Morgan fingerprint density at radius 2 is 1.81 bits per heavy atom. The van der Waals surface area contributed by atoms with E-state index in [1.807, 2.05) is 18.2 Å². The Balaban J connectivity index is 1.42. The molecule has 0 saturated carbocycles. The standard InChI is InChI=1S/C24H27ClN2O3S/c1-2-27(17-19-7-4-3-5-8-19)16-6-15-26-24(28)23-14-11-21(30-23)18-31(29)22-12-9-20(25)10-13-22/h3-5,7-14H,2,6,15-18H2,1H3,(H,26,28). The van der Waals surface area contributed by atoms with Crippen molar-refractivity contribution >= 4 is 28.3 Å². The molecule has 0 fully saturated rings. The van der Waals surface area contributed by atoms with E-state index in [1.165, 1.54) is 5.56 Å². The van der Waals surface area contributed by atoms with Crippen LogP contribution in [0.1, 0.15) is 35.2 Å². The number of nitrogens with one attached hydrogen (secondary N) is 1. The van der Waals surface area contributed by atoms with Crippen LogP contribution in [-0.4, -0.2) is 34.7 Å². The van der Waals surface area contributed by atoms with Crippen molar-refractivity contribution in [2.45, 2.75) is 30.5 Å².